The van der Waals surface area contributed by atoms with Crippen LogP contribution in [-0.2, 0) is 21.7 Å². The number of carboxylic acid groups (broad SMARTS) is 1. The van der Waals surface area contributed by atoms with Gasteiger partial charge in [0.05, 0.1) is 11.6 Å². The molecule has 14 heteroatoms. The molecule has 6 rings (SSSR count). The Morgan fingerprint density at radius 2 is 1.64 bits per heavy atom. The van der Waals surface area contributed by atoms with Gasteiger partial charge in [0.15, 0.2) is 6.61 Å². The van der Waals surface area contributed by atoms with E-state index < -0.39 is 23.6 Å². The van der Waals surface area contributed by atoms with Crippen molar-refractivity contribution in [2.24, 2.45) is 0 Å². The Bertz CT molecular complexity index is 2210. The minimum absolute atomic E-state index is 0.0797. The highest BCUT2D eigenvalue weighted by molar-refractivity contribution is 6.31. The van der Waals surface area contributed by atoms with Gasteiger partial charge in [0.1, 0.15) is 11.5 Å². The molecule has 1 aromatic heterocycles. The van der Waals surface area contributed by atoms with E-state index in [1.165, 1.54) is 42.5 Å². The molecule has 13 nitrogen and oxygen atoms in total. The summed E-state index contributed by atoms with van der Waals surface area (Å²) in [5.74, 6) is -2.03. The molecular weight excluding hydrogens is 704 g/mol. The van der Waals surface area contributed by atoms with Crippen molar-refractivity contribution in [1.29, 1.82) is 0 Å². The zero-order valence-corrected chi connectivity index (χ0v) is 29.0. The summed E-state index contributed by atoms with van der Waals surface area (Å²) in [7, 11) is 0. The Morgan fingerprint density at radius 1 is 0.906 bits per heavy atom. The van der Waals surface area contributed by atoms with Crippen LogP contribution in [0.2, 0.25) is 5.02 Å². The molecule has 53 heavy (non-hydrogen) atoms. The van der Waals surface area contributed by atoms with E-state index in [4.69, 9.17) is 16.3 Å². The lowest BCUT2D eigenvalue weighted by atomic mass is 9.86. The average Bonchev–Trinajstić information content (AvgIpc) is 3.14. The van der Waals surface area contributed by atoms with Gasteiger partial charge in [0, 0.05) is 52.8 Å². The number of aromatic nitrogens is 1. The molecule has 0 saturated heterocycles. The SMILES string of the molecule is O=C(COc1cccc([C@](O)(C(=O)O)c2ccccc2)c1)N[C@H]1C[C@H](NC(=O)c2ccc(CNC[C@H](O)c3ccc(O)c4[nH]c(=O)ccc34)c(Cl)c2)C1. The van der Waals surface area contributed by atoms with Crippen molar-refractivity contribution in [3.05, 3.63) is 140 Å². The first-order chi connectivity index (χ1) is 25.4. The molecule has 0 unspecified atom stereocenters. The summed E-state index contributed by atoms with van der Waals surface area (Å²) in [4.78, 5) is 51.9. The van der Waals surface area contributed by atoms with E-state index in [0.29, 0.717) is 46.5 Å². The molecule has 1 fully saturated rings. The molecule has 1 heterocycles. The second-order valence-electron chi connectivity index (χ2n) is 12.8. The number of carboxylic acids is 1. The summed E-state index contributed by atoms with van der Waals surface area (Å²) in [6, 6.07) is 24.4. The maximum Gasteiger partial charge on any atom is 0.345 e. The molecule has 2 amide bonds. The molecule has 1 aliphatic carbocycles. The van der Waals surface area contributed by atoms with Crippen LogP contribution in [0.15, 0.2) is 102 Å². The van der Waals surface area contributed by atoms with E-state index >= 15 is 0 Å². The van der Waals surface area contributed by atoms with E-state index in [1.807, 2.05) is 0 Å². The topological polar surface area (TPSA) is 210 Å². The van der Waals surface area contributed by atoms with Gasteiger partial charge in [-0.2, -0.15) is 0 Å². The van der Waals surface area contributed by atoms with E-state index in [9.17, 15) is 39.6 Å². The number of aliphatic hydroxyl groups is 2. The summed E-state index contributed by atoms with van der Waals surface area (Å²) in [6.07, 6.45) is 0.0855. The van der Waals surface area contributed by atoms with Gasteiger partial charge in [0.25, 0.3) is 11.8 Å². The van der Waals surface area contributed by atoms with Crippen LogP contribution in [0.3, 0.4) is 0 Å². The molecule has 0 spiro atoms. The Kier molecular flexibility index (Phi) is 11.1. The van der Waals surface area contributed by atoms with Gasteiger partial charge in [-0.05, 0) is 65.9 Å². The summed E-state index contributed by atoms with van der Waals surface area (Å²) in [5, 5.41) is 51.7. The first-order valence-corrected chi connectivity index (χ1v) is 17.2. The van der Waals surface area contributed by atoms with Gasteiger partial charge in [-0.25, -0.2) is 4.79 Å². The Hall–Kier alpha value is -5.73. The first kappa shape index (κ1) is 37.0. The van der Waals surface area contributed by atoms with E-state index in [2.05, 4.69) is 20.9 Å². The van der Waals surface area contributed by atoms with Crippen molar-refractivity contribution in [2.45, 2.75) is 43.2 Å². The quantitative estimate of drug-likeness (QED) is 0.0831. The highest BCUT2D eigenvalue weighted by atomic mass is 35.5. The van der Waals surface area contributed by atoms with E-state index in [1.54, 1.807) is 54.6 Å². The van der Waals surface area contributed by atoms with Crippen LogP contribution in [0.4, 0.5) is 0 Å². The van der Waals surface area contributed by atoms with Crippen LogP contribution >= 0.6 is 11.6 Å². The van der Waals surface area contributed by atoms with Crippen LogP contribution in [0.1, 0.15) is 51.6 Å². The Morgan fingerprint density at radius 3 is 2.38 bits per heavy atom. The number of pyridine rings is 1. The number of nitrogens with one attached hydrogen (secondary N) is 4. The smallest absolute Gasteiger partial charge is 0.345 e. The van der Waals surface area contributed by atoms with Crippen molar-refractivity contribution < 1.29 is 39.5 Å². The predicted octanol–water partition coefficient (Wildman–Crippen LogP) is 3.49. The number of amides is 2. The third kappa shape index (κ3) is 8.34. The number of phenols is 1. The average molecular weight is 741 g/mol. The number of phenolic OH excluding ortho intramolecular Hbond substituents is 1. The van der Waals surface area contributed by atoms with Crippen LogP contribution < -0.4 is 26.2 Å². The molecule has 5 aromatic rings. The molecule has 1 saturated carbocycles. The lowest BCUT2D eigenvalue weighted by Gasteiger charge is -2.36. The Labute approximate surface area is 308 Å². The number of halogens is 1. The fourth-order valence-corrected chi connectivity index (χ4v) is 6.53. The molecule has 274 valence electrons. The van der Waals surface area contributed by atoms with Crippen molar-refractivity contribution in [2.75, 3.05) is 13.2 Å². The van der Waals surface area contributed by atoms with Crippen molar-refractivity contribution in [3.63, 3.8) is 0 Å². The molecule has 1 aliphatic rings. The number of aromatic hydroxyl groups is 1. The highest BCUT2D eigenvalue weighted by Gasteiger charge is 2.40. The number of hydrogen-bond donors (Lipinski definition) is 8. The van der Waals surface area contributed by atoms with Crippen LogP contribution in [0.5, 0.6) is 11.5 Å². The normalized spacial score (nSPS) is 16.9. The lowest BCUT2D eigenvalue weighted by molar-refractivity contribution is -0.155. The van der Waals surface area contributed by atoms with Gasteiger partial charge >= 0.3 is 5.97 Å². The highest BCUT2D eigenvalue weighted by Crippen LogP contribution is 2.32. The van der Waals surface area contributed by atoms with Crippen LogP contribution in [-0.4, -0.2) is 68.4 Å². The summed E-state index contributed by atoms with van der Waals surface area (Å²) in [6.45, 7) is 0.131. The fraction of sp³-hybridized carbons (Fsp3) is 0.231. The molecule has 0 aliphatic heterocycles. The van der Waals surface area contributed by atoms with Crippen molar-refractivity contribution in [1.82, 2.24) is 20.9 Å². The number of hydrogen-bond acceptors (Lipinski definition) is 9. The molecule has 2 atom stereocenters. The standard InChI is InChI=1S/C39H37ClN4O9/c40-31-15-22(9-10-23(31)19-41-20-33(46)29-11-13-32(45)36-30(29)12-14-34(47)44-36)37(49)43-27-17-26(18-27)42-35(48)21-53-28-8-4-7-25(16-28)39(52,38(50)51)24-5-2-1-3-6-24/h1-16,26-27,33,41,45-46,52H,17-21H2,(H,42,48)(H,43,49)(H,44,47)(H,50,51)/t26-,27-,33-,39-/m0/s1. The number of H-pyrrole nitrogens is 1. The minimum atomic E-state index is -2.30. The van der Waals surface area contributed by atoms with E-state index in [-0.39, 0.29) is 64.8 Å². The van der Waals surface area contributed by atoms with Gasteiger partial charge in [-0.3, -0.25) is 14.4 Å². The Balaban J connectivity index is 0.938. The first-order valence-electron chi connectivity index (χ1n) is 16.8. The maximum atomic E-state index is 12.9. The van der Waals surface area contributed by atoms with Crippen molar-refractivity contribution >= 4 is 40.3 Å². The number of carbonyl (C=O) groups excluding carboxylic acids is 2. The molecule has 8 N–H and O–H groups in total. The third-order valence-corrected chi connectivity index (χ3v) is 9.55. The summed E-state index contributed by atoms with van der Waals surface area (Å²) in [5.41, 5.74) is -0.550. The molecular formula is C39H37ClN4O9. The number of carbonyl (C=O) groups is 3. The predicted molar refractivity (Wildman–Crippen MR) is 196 cm³/mol. The third-order valence-electron chi connectivity index (χ3n) is 9.20. The number of fused-ring (bicyclic) bond motifs is 1. The summed E-state index contributed by atoms with van der Waals surface area (Å²) >= 11 is 6.49. The number of rotatable bonds is 14. The van der Waals surface area contributed by atoms with Gasteiger partial charge in [-0.1, -0.05) is 66.2 Å². The van der Waals surface area contributed by atoms with Crippen LogP contribution in [0.25, 0.3) is 10.9 Å². The van der Waals surface area contributed by atoms with Gasteiger partial charge < -0.3 is 46.1 Å². The molecule has 0 radical (unpaired) electrons. The van der Waals surface area contributed by atoms with Crippen molar-refractivity contribution in [3.8, 4) is 11.5 Å². The molecule has 4 aromatic carbocycles. The number of aliphatic hydroxyl groups excluding tert-OH is 1. The second kappa shape index (κ2) is 15.9. The largest absolute Gasteiger partial charge is 0.506 e. The lowest BCUT2D eigenvalue weighted by Crippen LogP contribution is -2.54. The number of benzene rings is 4. The van der Waals surface area contributed by atoms with Crippen LogP contribution in [0, 0.1) is 0 Å². The minimum Gasteiger partial charge on any atom is -0.506 e. The fourth-order valence-electron chi connectivity index (χ4n) is 6.28. The van der Waals surface area contributed by atoms with Gasteiger partial charge in [0.2, 0.25) is 11.2 Å². The zero-order chi connectivity index (χ0) is 37.7. The van der Waals surface area contributed by atoms with Gasteiger partial charge in [-0.15, -0.1) is 0 Å². The number of ether oxygens (including phenoxy) is 1. The second-order valence-corrected chi connectivity index (χ2v) is 13.2. The van der Waals surface area contributed by atoms with E-state index in [0.717, 1.165) is 0 Å². The summed E-state index contributed by atoms with van der Waals surface area (Å²) < 4.78 is 5.60. The number of aromatic amines is 1. The molecule has 0 bridgehead atoms. The number of aliphatic carboxylic acids is 1. The zero-order valence-electron chi connectivity index (χ0n) is 28.2. The monoisotopic (exact) mass is 740 g/mol. The maximum absolute atomic E-state index is 12.9.